The molecule has 3 rings (SSSR count). The van der Waals surface area contributed by atoms with E-state index in [-0.39, 0.29) is 15.8 Å². The van der Waals surface area contributed by atoms with Crippen LogP contribution in [0.15, 0.2) is 70.7 Å². The molecule has 1 heterocycles. The lowest BCUT2D eigenvalue weighted by molar-refractivity contribution is -0.124. The highest BCUT2D eigenvalue weighted by Crippen LogP contribution is 2.19. The summed E-state index contributed by atoms with van der Waals surface area (Å²) in [5, 5.41) is 3.65. The fourth-order valence-corrected chi connectivity index (χ4v) is 3.93. The summed E-state index contributed by atoms with van der Waals surface area (Å²) >= 11 is 1.19. The van der Waals surface area contributed by atoms with Gasteiger partial charge < -0.3 is 4.90 Å². The molecule has 2 aromatic carbocycles. The first kappa shape index (κ1) is 17.5. The van der Waals surface area contributed by atoms with Crippen LogP contribution in [-0.2, 0) is 25.7 Å². The van der Waals surface area contributed by atoms with Crippen molar-refractivity contribution in [3.63, 3.8) is 0 Å². The highest BCUT2D eigenvalue weighted by atomic mass is 32.2. The molecule has 0 N–H and O–H groups in total. The van der Waals surface area contributed by atoms with Crippen LogP contribution in [0.25, 0.3) is 0 Å². The van der Waals surface area contributed by atoms with E-state index >= 15 is 0 Å². The Balaban J connectivity index is 1.71. The van der Waals surface area contributed by atoms with Crippen LogP contribution in [0.4, 0.5) is 0 Å². The van der Waals surface area contributed by atoms with Gasteiger partial charge in [-0.2, -0.15) is 8.42 Å². The van der Waals surface area contributed by atoms with Gasteiger partial charge in [-0.25, -0.2) is 0 Å². The molecular formula is C17H16N2O4S2. The zero-order valence-electron chi connectivity index (χ0n) is 13.2. The van der Waals surface area contributed by atoms with Crippen molar-refractivity contribution in [1.29, 1.82) is 0 Å². The summed E-state index contributed by atoms with van der Waals surface area (Å²) in [5.74, 6) is 0.301. The molecule has 0 aliphatic carbocycles. The van der Waals surface area contributed by atoms with Gasteiger partial charge in [0.05, 0.1) is 0 Å². The van der Waals surface area contributed by atoms with E-state index in [2.05, 4.69) is 5.16 Å². The standard InChI is InChI=1S/C17H16N2O4S2/c20-17-16(18-23-25(21,22)15-9-5-2-6-10-15)24-12-11-19(17)13-14-7-3-1-4-8-14/h1-10H,11-13H2/b18-16+. The third-order valence-corrected chi connectivity index (χ3v) is 5.57. The van der Waals surface area contributed by atoms with Crippen LogP contribution in [-0.4, -0.2) is 36.6 Å². The summed E-state index contributed by atoms with van der Waals surface area (Å²) < 4.78 is 28.9. The molecule has 0 atom stereocenters. The van der Waals surface area contributed by atoms with Crippen LogP contribution < -0.4 is 0 Å². The van der Waals surface area contributed by atoms with E-state index < -0.39 is 10.1 Å². The number of oxime groups is 1. The molecule has 0 bridgehead atoms. The van der Waals surface area contributed by atoms with Crippen LogP contribution in [0.2, 0.25) is 0 Å². The van der Waals surface area contributed by atoms with Gasteiger partial charge >= 0.3 is 10.1 Å². The van der Waals surface area contributed by atoms with Crippen molar-refractivity contribution in [2.45, 2.75) is 11.4 Å². The topological polar surface area (TPSA) is 76.0 Å². The minimum atomic E-state index is -4.03. The minimum Gasteiger partial charge on any atom is -0.332 e. The number of benzene rings is 2. The molecule has 1 aliphatic heterocycles. The van der Waals surface area contributed by atoms with Crippen molar-refractivity contribution >= 4 is 32.8 Å². The smallest absolute Gasteiger partial charge is 0.332 e. The Hall–Kier alpha value is -2.32. The maximum absolute atomic E-state index is 12.5. The van der Waals surface area contributed by atoms with E-state index in [1.54, 1.807) is 23.1 Å². The lowest BCUT2D eigenvalue weighted by atomic mass is 10.2. The summed E-state index contributed by atoms with van der Waals surface area (Å²) in [5.41, 5.74) is 1.000. The first-order chi connectivity index (χ1) is 12.1. The highest BCUT2D eigenvalue weighted by molar-refractivity contribution is 8.15. The van der Waals surface area contributed by atoms with Crippen LogP contribution in [0.5, 0.6) is 0 Å². The fraction of sp³-hybridized carbons (Fsp3) is 0.176. The molecular weight excluding hydrogens is 360 g/mol. The summed E-state index contributed by atoms with van der Waals surface area (Å²) in [6.07, 6.45) is 0. The summed E-state index contributed by atoms with van der Waals surface area (Å²) in [4.78, 5) is 14.1. The Kier molecular flexibility index (Phi) is 5.40. The number of carbonyl (C=O) groups excluding carboxylic acids is 1. The molecule has 2 aromatic rings. The van der Waals surface area contributed by atoms with Gasteiger partial charge in [0, 0.05) is 18.8 Å². The number of hydrogen-bond acceptors (Lipinski definition) is 6. The molecule has 8 heteroatoms. The predicted molar refractivity (Wildman–Crippen MR) is 96.5 cm³/mol. The maximum Gasteiger partial charge on any atom is 0.358 e. The largest absolute Gasteiger partial charge is 0.358 e. The molecule has 0 radical (unpaired) electrons. The molecule has 1 amide bonds. The average molecular weight is 376 g/mol. The minimum absolute atomic E-state index is 0.00579. The quantitative estimate of drug-likeness (QED) is 0.750. The van der Waals surface area contributed by atoms with Crippen LogP contribution in [0, 0.1) is 0 Å². The molecule has 130 valence electrons. The third kappa shape index (κ3) is 4.40. The molecule has 1 aliphatic rings. The molecule has 0 aromatic heterocycles. The number of hydrogen-bond donors (Lipinski definition) is 0. The van der Waals surface area contributed by atoms with E-state index in [1.807, 2.05) is 30.3 Å². The van der Waals surface area contributed by atoms with E-state index in [9.17, 15) is 13.2 Å². The van der Waals surface area contributed by atoms with Gasteiger partial charge in [-0.1, -0.05) is 65.4 Å². The van der Waals surface area contributed by atoms with Crippen molar-refractivity contribution in [3.8, 4) is 0 Å². The van der Waals surface area contributed by atoms with Gasteiger partial charge in [-0.15, -0.1) is 0 Å². The summed E-state index contributed by atoms with van der Waals surface area (Å²) in [6, 6.07) is 17.3. The van der Waals surface area contributed by atoms with Gasteiger partial charge in [0.15, 0.2) is 0 Å². The lowest BCUT2D eigenvalue weighted by Crippen LogP contribution is -2.40. The maximum atomic E-state index is 12.5. The number of rotatable bonds is 5. The second-order valence-corrected chi connectivity index (χ2v) is 7.91. The van der Waals surface area contributed by atoms with Gasteiger partial charge in [-0.3, -0.25) is 9.08 Å². The number of thioether (sulfide) groups is 1. The molecule has 1 saturated heterocycles. The average Bonchev–Trinajstić information content (AvgIpc) is 2.64. The Morgan fingerprint density at radius 1 is 1.04 bits per heavy atom. The lowest BCUT2D eigenvalue weighted by Gasteiger charge is -2.26. The van der Waals surface area contributed by atoms with Crippen molar-refractivity contribution in [1.82, 2.24) is 4.90 Å². The normalized spacial score (nSPS) is 16.9. The number of nitrogens with zero attached hydrogens (tertiary/aromatic N) is 2. The van der Waals surface area contributed by atoms with Gasteiger partial charge in [0.2, 0.25) is 5.04 Å². The third-order valence-electron chi connectivity index (χ3n) is 3.54. The summed E-state index contributed by atoms with van der Waals surface area (Å²) in [6.45, 7) is 1.02. The van der Waals surface area contributed by atoms with E-state index in [0.29, 0.717) is 18.8 Å². The van der Waals surface area contributed by atoms with E-state index in [1.165, 1.54) is 23.9 Å². The molecule has 0 spiro atoms. The van der Waals surface area contributed by atoms with Gasteiger partial charge in [0.25, 0.3) is 5.91 Å². The molecule has 1 fully saturated rings. The highest BCUT2D eigenvalue weighted by Gasteiger charge is 2.27. The van der Waals surface area contributed by atoms with Gasteiger partial charge in [0.1, 0.15) is 4.90 Å². The SMILES string of the molecule is O=C1/C(=N\OS(=O)(=O)c2ccccc2)SCCN1Cc1ccccc1. The number of amides is 1. The van der Waals surface area contributed by atoms with Crippen LogP contribution >= 0.6 is 11.8 Å². The molecule has 25 heavy (non-hydrogen) atoms. The number of carbonyl (C=O) groups is 1. The van der Waals surface area contributed by atoms with Crippen LogP contribution in [0.3, 0.4) is 0 Å². The second-order valence-electron chi connectivity index (χ2n) is 5.30. The second kappa shape index (κ2) is 7.71. The first-order valence-corrected chi connectivity index (χ1v) is 9.98. The Bertz CT molecular complexity index is 868. The molecule has 0 saturated carbocycles. The fourth-order valence-electron chi connectivity index (χ4n) is 2.28. The van der Waals surface area contributed by atoms with Crippen LogP contribution in [0.1, 0.15) is 5.56 Å². The van der Waals surface area contributed by atoms with E-state index in [0.717, 1.165) is 5.56 Å². The predicted octanol–water partition coefficient (Wildman–Crippen LogP) is 2.48. The Morgan fingerprint density at radius 2 is 1.68 bits per heavy atom. The Morgan fingerprint density at radius 3 is 2.36 bits per heavy atom. The van der Waals surface area contributed by atoms with E-state index in [4.69, 9.17) is 4.28 Å². The van der Waals surface area contributed by atoms with Crippen molar-refractivity contribution in [2.75, 3.05) is 12.3 Å². The molecule has 0 unspecified atom stereocenters. The van der Waals surface area contributed by atoms with Crippen molar-refractivity contribution < 1.29 is 17.5 Å². The van der Waals surface area contributed by atoms with Crippen molar-refractivity contribution in [2.24, 2.45) is 5.16 Å². The Labute approximate surface area is 150 Å². The summed E-state index contributed by atoms with van der Waals surface area (Å²) in [7, 11) is -4.03. The van der Waals surface area contributed by atoms with Gasteiger partial charge in [-0.05, 0) is 17.7 Å². The van der Waals surface area contributed by atoms with Crippen molar-refractivity contribution in [3.05, 3.63) is 66.2 Å². The molecule has 6 nitrogen and oxygen atoms in total. The first-order valence-electron chi connectivity index (χ1n) is 7.59. The monoisotopic (exact) mass is 376 g/mol. The zero-order valence-corrected chi connectivity index (χ0v) is 14.9. The zero-order chi connectivity index (χ0) is 17.7.